The van der Waals surface area contributed by atoms with Gasteiger partial charge in [-0.3, -0.25) is 9.59 Å². The van der Waals surface area contributed by atoms with Crippen molar-refractivity contribution in [2.75, 3.05) is 7.11 Å². The van der Waals surface area contributed by atoms with Crippen LogP contribution in [0.1, 0.15) is 26.7 Å². The van der Waals surface area contributed by atoms with E-state index in [9.17, 15) is 9.59 Å². The topological polar surface area (TPSA) is 43.4 Å². The molecule has 0 N–H and O–H groups in total. The fraction of sp³-hybridized carbons (Fsp3) is 0.636. The van der Waals surface area contributed by atoms with Crippen molar-refractivity contribution in [3.05, 3.63) is 12.2 Å². The average molecular weight is 196 g/mol. The molecular formula is C11H16O3. The number of methoxy groups -OCH3 is 1. The van der Waals surface area contributed by atoms with E-state index in [1.807, 2.05) is 6.92 Å². The van der Waals surface area contributed by atoms with Crippen LogP contribution in [0.2, 0.25) is 0 Å². The third kappa shape index (κ3) is 1.47. The van der Waals surface area contributed by atoms with Gasteiger partial charge in [-0.1, -0.05) is 19.1 Å². The van der Waals surface area contributed by atoms with E-state index < -0.39 is 11.4 Å². The SMILES string of the molecule is C=C1CC(C(C)=O)(C(=O)OC)CC1C. The lowest BCUT2D eigenvalue weighted by atomic mass is 9.81. The van der Waals surface area contributed by atoms with E-state index in [2.05, 4.69) is 6.58 Å². The number of allylic oxidation sites excluding steroid dienone is 1. The molecule has 1 rings (SSSR count). The first-order valence-electron chi connectivity index (χ1n) is 4.71. The maximum Gasteiger partial charge on any atom is 0.319 e. The number of ether oxygens (including phenoxy) is 1. The molecule has 0 saturated heterocycles. The molecule has 3 nitrogen and oxygen atoms in total. The molecule has 0 aromatic heterocycles. The van der Waals surface area contributed by atoms with Crippen LogP contribution in [0.4, 0.5) is 0 Å². The third-order valence-electron chi connectivity index (χ3n) is 3.13. The predicted octanol–water partition coefficient (Wildman–Crippen LogP) is 1.72. The Bertz CT molecular complexity index is 293. The zero-order chi connectivity index (χ0) is 10.9. The first-order chi connectivity index (χ1) is 6.44. The molecule has 3 heteroatoms. The first kappa shape index (κ1) is 11.0. The number of Topliss-reactive ketones (excluding diaryl/α,β-unsaturated/α-hetero) is 1. The largest absolute Gasteiger partial charge is 0.468 e. The summed E-state index contributed by atoms with van der Waals surface area (Å²) in [5, 5.41) is 0. The van der Waals surface area contributed by atoms with Gasteiger partial charge in [0.2, 0.25) is 0 Å². The molecule has 1 aliphatic carbocycles. The highest BCUT2D eigenvalue weighted by Crippen LogP contribution is 2.45. The molecule has 1 fully saturated rings. The molecule has 0 radical (unpaired) electrons. The van der Waals surface area contributed by atoms with Crippen LogP contribution in [0.5, 0.6) is 0 Å². The maximum atomic E-state index is 11.6. The van der Waals surface area contributed by atoms with Crippen LogP contribution in [0, 0.1) is 11.3 Å². The van der Waals surface area contributed by atoms with Crippen molar-refractivity contribution >= 4 is 11.8 Å². The molecule has 2 atom stereocenters. The fourth-order valence-corrected chi connectivity index (χ4v) is 2.06. The highest BCUT2D eigenvalue weighted by molar-refractivity contribution is 6.03. The number of rotatable bonds is 2. The number of ketones is 1. The van der Waals surface area contributed by atoms with Crippen molar-refractivity contribution in [1.29, 1.82) is 0 Å². The summed E-state index contributed by atoms with van der Waals surface area (Å²) in [4.78, 5) is 23.1. The van der Waals surface area contributed by atoms with Gasteiger partial charge in [0.05, 0.1) is 7.11 Å². The zero-order valence-electron chi connectivity index (χ0n) is 8.92. The van der Waals surface area contributed by atoms with Crippen LogP contribution < -0.4 is 0 Å². The molecule has 78 valence electrons. The van der Waals surface area contributed by atoms with E-state index in [0.717, 1.165) is 5.57 Å². The lowest BCUT2D eigenvalue weighted by Gasteiger charge is -2.22. The first-order valence-corrected chi connectivity index (χ1v) is 4.71. The quantitative estimate of drug-likeness (QED) is 0.383. The Morgan fingerprint density at radius 3 is 2.43 bits per heavy atom. The Kier molecular flexibility index (Phi) is 2.79. The second-order valence-corrected chi connectivity index (χ2v) is 4.07. The second-order valence-electron chi connectivity index (χ2n) is 4.07. The summed E-state index contributed by atoms with van der Waals surface area (Å²) >= 11 is 0. The Hall–Kier alpha value is -1.12. The Morgan fingerprint density at radius 1 is 1.57 bits per heavy atom. The van der Waals surface area contributed by atoms with E-state index in [0.29, 0.717) is 12.8 Å². The van der Waals surface area contributed by atoms with Gasteiger partial charge in [-0.2, -0.15) is 0 Å². The number of carbonyl (C=O) groups is 2. The molecule has 0 aromatic rings. The van der Waals surface area contributed by atoms with Crippen molar-refractivity contribution in [1.82, 2.24) is 0 Å². The number of hydrogen-bond acceptors (Lipinski definition) is 3. The summed E-state index contributed by atoms with van der Waals surface area (Å²) in [5.41, 5.74) is 0.0104. The van der Waals surface area contributed by atoms with Gasteiger partial charge in [-0.15, -0.1) is 0 Å². The lowest BCUT2D eigenvalue weighted by Crippen LogP contribution is -2.36. The van der Waals surface area contributed by atoms with Crippen LogP contribution in [0.3, 0.4) is 0 Å². The predicted molar refractivity (Wildman–Crippen MR) is 52.7 cm³/mol. The van der Waals surface area contributed by atoms with E-state index in [4.69, 9.17) is 4.74 Å². The lowest BCUT2D eigenvalue weighted by molar-refractivity contribution is -0.157. The summed E-state index contributed by atoms with van der Waals surface area (Å²) in [5.74, 6) is -0.316. The summed E-state index contributed by atoms with van der Waals surface area (Å²) in [7, 11) is 1.32. The van der Waals surface area contributed by atoms with Gasteiger partial charge in [0.25, 0.3) is 0 Å². The molecule has 0 amide bonds. The highest BCUT2D eigenvalue weighted by atomic mass is 16.5. The van der Waals surface area contributed by atoms with Gasteiger partial charge in [0.1, 0.15) is 11.2 Å². The fourth-order valence-electron chi connectivity index (χ4n) is 2.06. The monoisotopic (exact) mass is 196 g/mol. The number of hydrogen-bond donors (Lipinski definition) is 0. The van der Waals surface area contributed by atoms with Crippen LogP contribution in [0.25, 0.3) is 0 Å². The molecule has 2 unspecified atom stereocenters. The van der Waals surface area contributed by atoms with Crippen LogP contribution in [-0.4, -0.2) is 18.9 Å². The Morgan fingerprint density at radius 2 is 2.14 bits per heavy atom. The summed E-state index contributed by atoms with van der Waals surface area (Å²) in [6.45, 7) is 7.30. The molecule has 0 bridgehead atoms. The van der Waals surface area contributed by atoms with Gasteiger partial charge >= 0.3 is 5.97 Å². The van der Waals surface area contributed by atoms with Gasteiger partial charge in [-0.25, -0.2) is 0 Å². The minimum absolute atomic E-state index is 0.116. The van der Waals surface area contributed by atoms with Crippen molar-refractivity contribution in [2.24, 2.45) is 11.3 Å². The molecule has 0 aromatic carbocycles. The molecule has 0 spiro atoms. The van der Waals surface area contributed by atoms with Gasteiger partial charge in [-0.05, 0) is 25.7 Å². The molecule has 1 aliphatic rings. The smallest absolute Gasteiger partial charge is 0.319 e. The minimum Gasteiger partial charge on any atom is -0.468 e. The molecule has 14 heavy (non-hydrogen) atoms. The molecule has 0 aliphatic heterocycles. The van der Waals surface area contributed by atoms with Crippen LogP contribution in [-0.2, 0) is 14.3 Å². The third-order valence-corrected chi connectivity index (χ3v) is 3.13. The van der Waals surface area contributed by atoms with Crippen molar-refractivity contribution in [3.8, 4) is 0 Å². The average Bonchev–Trinajstić information content (AvgIpc) is 2.43. The van der Waals surface area contributed by atoms with Crippen molar-refractivity contribution in [2.45, 2.75) is 26.7 Å². The van der Waals surface area contributed by atoms with Gasteiger partial charge in [0, 0.05) is 0 Å². The molecule has 0 heterocycles. The Labute approximate surface area is 84.1 Å². The van der Waals surface area contributed by atoms with Crippen LogP contribution >= 0.6 is 0 Å². The van der Waals surface area contributed by atoms with E-state index in [1.165, 1.54) is 14.0 Å². The zero-order valence-corrected chi connectivity index (χ0v) is 8.92. The van der Waals surface area contributed by atoms with Crippen molar-refractivity contribution in [3.63, 3.8) is 0 Å². The Balaban J connectivity index is 3.03. The number of esters is 1. The van der Waals surface area contributed by atoms with E-state index >= 15 is 0 Å². The number of carbonyl (C=O) groups excluding carboxylic acids is 2. The molecular weight excluding hydrogens is 180 g/mol. The maximum absolute atomic E-state index is 11.6. The minimum atomic E-state index is -0.953. The van der Waals surface area contributed by atoms with Crippen molar-refractivity contribution < 1.29 is 14.3 Å². The van der Waals surface area contributed by atoms with Gasteiger partial charge in [0.15, 0.2) is 0 Å². The summed E-state index contributed by atoms with van der Waals surface area (Å²) < 4.78 is 4.69. The van der Waals surface area contributed by atoms with E-state index in [-0.39, 0.29) is 11.7 Å². The van der Waals surface area contributed by atoms with Crippen LogP contribution in [0.15, 0.2) is 12.2 Å². The summed E-state index contributed by atoms with van der Waals surface area (Å²) in [6.07, 6.45) is 0.976. The summed E-state index contributed by atoms with van der Waals surface area (Å²) in [6, 6.07) is 0. The normalized spacial score (nSPS) is 31.6. The second kappa shape index (κ2) is 3.56. The highest BCUT2D eigenvalue weighted by Gasteiger charge is 2.50. The van der Waals surface area contributed by atoms with E-state index in [1.54, 1.807) is 0 Å². The standard InChI is InChI=1S/C11H16O3/c1-7-5-11(9(3)12,6-8(7)2)10(13)14-4/h8H,1,5-6H2,2-4H3. The van der Waals surface area contributed by atoms with Gasteiger partial charge < -0.3 is 4.74 Å². The molecule has 1 saturated carbocycles.